The SMILES string of the molecule is O=C(Cc1ccccc1)NC(=S)NNC(=O)c1ccc(NC(=O)C2CC2)cc1. The van der Waals surface area contributed by atoms with Gasteiger partial charge in [0.05, 0.1) is 6.42 Å². The van der Waals surface area contributed by atoms with Gasteiger partial charge in [0, 0.05) is 17.2 Å². The minimum absolute atomic E-state index is 0.00241. The third-order valence-corrected chi connectivity index (χ3v) is 4.32. The fourth-order valence-corrected chi connectivity index (χ4v) is 2.63. The van der Waals surface area contributed by atoms with E-state index in [0.717, 1.165) is 18.4 Å². The zero-order valence-electron chi connectivity index (χ0n) is 15.0. The molecule has 0 unspecified atom stereocenters. The Kier molecular flexibility index (Phi) is 6.33. The number of thiocarbonyl (C=S) groups is 1. The maximum absolute atomic E-state index is 12.1. The molecule has 0 aromatic heterocycles. The molecule has 2 aromatic carbocycles. The summed E-state index contributed by atoms with van der Waals surface area (Å²) in [5, 5.41) is 5.31. The zero-order valence-corrected chi connectivity index (χ0v) is 15.8. The maximum Gasteiger partial charge on any atom is 0.269 e. The molecule has 0 bridgehead atoms. The number of benzene rings is 2. The van der Waals surface area contributed by atoms with E-state index in [1.54, 1.807) is 24.3 Å². The fourth-order valence-electron chi connectivity index (χ4n) is 2.46. The Morgan fingerprint density at radius 2 is 1.61 bits per heavy atom. The summed E-state index contributed by atoms with van der Waals surface area (Å²) in [4.78, 5) is 35.8. The molecule has 1 aliphatic carbocycles. The highest BCUT2D eigenvalue weighted by Crippen LogP contribution is 2.30. The standard InChI is InChI=1S/C20H20N4O3S/c25-17(12-13-4-2-1-3-5-13)22-20(28)24-23-19(27)15-8-10-16(11-9-15)21-18(26)14-6-7-14/h1-5,8-11,14H,6-7,12H2,(H,21,26)(H,23,27)(H2,22,24,25,28). The van der Waals surface area contributed by atoms with Crippen LogP contribution in [-0.2, 0) is 16.0 Å². The van der Waals surface area contributed by atoms with E-state index in [-0.39, 0.29) is 29.3 Å². The smallest absolute Gasteiger partial charge is 0.269 e. The molecule has 1 aliphatic rings. The van der Waals surface area contributed by atoms with Crippen LogP contribution >= 0.6 is 12.2 Å². The predicted octanol–water partition coefficient (Wildman–Crippen LogP) is 1.91. The summed E-state index contributed by atoms with van der Waals surface area (Å²) in [6, 6.07) is 15.8. The van der Waals surface area contributed by atoms with Crippen LogP contribution in [0.1, 0.15) is 28.8 Å². The third kappa shape index (κ3) is 5.88. The van der Waals surface area contributed by atoms with E-state index in [1.807, 2.05) is 30.3 Å². The maximum atomic E-state index is 12.1. The second-order valence-electron chi connectivity index (χ2n) is 6.46. The van der Waals surface area contributed by atoms with Crippen molar-refractivity contribution in [3.63, 3.8) is 0 Å². The van der Waals surface area contributed by atoms with E-state index in [4.69, 9.17) is 12.2 Å². The molecule has 0 aliphatic heterocycles. The van der Waals surface area contributed by atoms with Gasteiger partial charge in [-0.2, -0.15) is 0 Å². The van der Waals surface area contributed by atoms with E-state index in [9.17, 15) is 14.4 Å². The van der Waals surface area contributed by atoms with Crippen LogP contribution in [0.3, 0.4) is 0 Å². The lowest BCUT2D eigenvalue weighted by atomic mass is 10.1. The first-order valence-electron chi connectivity index (χ1n) is 8.86. The molecular weight excluding hydrogens is 376 g/mol. The summed E-state index contributed by atoms with van der Waals surface area (Å²) < 4.78 is 0. The van der Waals surface area contributed by atoms with Gasteiger partial charge in [0.1, 0.15) is 0 Å². The minimum Gasteiger partial charge on any atom is -0.326 e. The van der Waals surface area contributed by atoms with Crippen molar-refractivity contribution in [3.8, 4) is 0 Å². The second kappa shape index (κ2) is 9.09. The average Bonchev–Trinajstić information content (AvgIpc) is 3.53. The molecule has 7 nitrogen and oxygen atoms in total. The van der Waals surface area contributed by atoms with Crippen molar-refractivity contribution in [1.29, 1.82) is 0 Å². The molecule has 0 atom stereocenters. The Balaban J connectivity index is 1.42. The lowest BCUT2D eigenvalue weighted by Gasteiger charge is -2.11. The van der Waals surface area contributed by atoms with E-state index >= 15 is 0 Å². The first kappa shape index (κ1) is 19.5. The molecule has 2 aromatic rings. The van der Waals surface area contributed by atoms with Gasteiger partial charge in [0.25, 0.3) is 5.91 Å². The molecule has 8 heteroatoms. The van der Waals surface area contributed by atoms with Crippen LogP contribution in [0.4, 0.5) is 5.69 Å². The summed E-state index contributed by atoms with van der Waals surface area (Å²) in [5.74, 6) is -0.575. The van der Waals surface area contributed by atoms with Crippen molar-refractivity contribution >= 4 is 40.7 Å². The van der Waals surface area contributed by atoms with E-state index in [1.165, 1.54) is 0 Å². The van der Waals surface area contributed by atoms with Crippen LogP contribution in [0.2, 0.25) is 0 Å². The van der Waals surface area contributed by atoms with Crippen molar-refractivity contribution in [2.24, 2.45) is 5.92 Å². The molecule has 4 N–H and O–H groups in total. The molecule has 0 radical (unpaired) electrons. The molecule has 1 saturated carbocycles. The van der Waals surface area contributed by atoms with Gasteiger partial charge in [0.15, 0.2) is 5.11 Å². The third-order valence-electron chi connectivity index (χ3n) is 4.11. The largest absolute Gasteiger partial charge is 0.326 e. The van der Waals surface area contributed by atoms with Crippen LogP contribution in [0.5, 0.6) is 0 Å². The van der Waals surface area contributed by atoms with E-state index in [2.05, 4.69) is 21.5 Å². The topological polar surface area (TPSA) is 99.3 Å². The molecule has 3 rings (SSSR count). The zero-order chi connectivity index (χ0) is 19.9. The van der Waals surface area contributed by atoms with E-state index in [0.29, 0.717) is 11.3 Å². The number of hydrazine groups is 1. The highest BCUT2D eigenvalue weighted by atomic mass is 32.1. The van der Waals surface area contributed by atoms with Gasteiger partial charge in [0.2, 0.25) is 11.8 Å². The number of carbonyl (C=O) groups is 3. The number of hydrogen-bond acceptors (Lipinski definition) is 4. The van der Waals surface area contributed by atoms with Crippen LogP contribution in [0.15, 0.2) is 54.6 Å². The van der Waals surface area contributed by atoms with Crippen molar-refractivity contribution in [3.05, 3.63) is 65.7 Å². The second-order valence-corrected chi connectivity index (χ2v) is 6.87. The van der Waals surface area contributed by atoms with Gasteiger partial charge in [-0.3, -0.25) is 25.2 Å². The number of carbonyl (C=O) groups excluding carboxylic acids is 3. The summed E-state index contributed by atoms with van der Waals surface area (Å²) in [6.07, 6.45) is 2.05. The monoisotopic (exact) mass is 396 g/mol. The first-order valence-corrected chi connectivity index (χ1v) is 9.27. The Morgan fingerprint density at radius 3 is 2.25 bits per heavy atom. The van der Waals surface area contributed by atoms with Crippen LogP contribution < -0.4 is 21.5 Å². The van der Waals surface area contributed by atoms with Gasteiger partial charge in [-0.1, -0.05) is 30.3 Å². The van der Waals surface area contributed by atoms with Gasteiger partial charge >= 0.3 is 0 Å². The molecule has 28 heavy (non-hydrogen) atoms. The van der Waals surface area contributed by atoms with Crippen molar-refractivity contribution in [2.75, 3.05) is 5.32 Å². The van der Waals surface area contributed by atoms with Gasteiger partial charge in [-0.15, -0.1) is 0 Å². The van der Waals surface area contributed by atoms with Crippen LogP contribution in [-0.4, -0.2) is 22.8 Å². The fraction of sp³-hybridized carbons (Fsp3) is 0.200. The molecule has 0 heterocycles. The molecule has 0 saturated heterocycles. The number of amides is 3. The van der Waals surface area contributed by atoms with Crippen LogP contribution in [0, 0.1) is 5.92 Å². The van der Waals surface area contributed by atoms with Crippen molar-refractivity contribution < 1.29 is 14.4 Å². The number of anilines is 1. The number of nitrogens with one attached hydrogen (secondary N) is 4. The Labute approximate surface area is 167 Å². The Bertz CT molecular complexity index is 880. The summed E-state index contributed by atoms with van der Waals surface area (Å²) in [5.41, 5.74) is 6.81. The molecule has 1 fully saturated rings. The normalized spacial score (nSPS) is 12.6. The highest BCUT2D eigenvalue weighted by Gasteiger charge is 2.29. The summed E-state index contributed by atoms with van der Waals surface area (Å²) in [7, 11) is 0. The van der Waals surface area contributed by atoms with Crippen molar-refractivity contribution in [2.45, 2.75) is 19.3 Å². The Morgan fingerprint density at radius 1 is 0.929 bits per heavy atom. The summed E-state index contributed by atoms with van der Waals surface area (Å²) in [6.45, 7) is 0. The van der Waals surface area contributed by atoms with Gasteiger partial charge in [-0.25, -0.2) is 0 Å². The molecule has 144 valence electrons. The predicted molar refractivity (Wildman–Crippen MR) is 109 cm³/mol. The molecule has 3 amide bonds. The number of rotatable bonds is 5. The minimum atomic E-state index is -0.417. The summed E-state index contributed by atoms with van der Waals surface area (Å²) >= 11 is 5.01. The molecule has 0 spiro atoms. The molecular formula is C20H20N4O3S. The first-order chi connectivity index (χ1) is 13.5. The lowest BCUT2D eigenvalue weighted by Crippen LogP contribution is -2.48. The number of hydrogen-bond donors (Lipinski definition) is 4. The van der Waals surface area contributed by atoms with E-state index < -0.39 is 5.91 Å². The van der Waals surface area contributed by atoms with Gasteiger partial charge < -0.3 is 10.6 Å². The van der Waals surface area contributed by atoms with Crippen LogP contribution in [0.25, 0.3) is 0 Å². The quantitative estimate of drug-likeness (QED) is 0.457. The van der Waals surface area contributed by atoms with Crippen molar-refractivity contribution in [1.82, 2.24) is 16.2 Å². The van der Waals surface area contributed by atoms with Gasteiger partial charge in [-0.05, 0) is 54.9 Å². The highest BCUT2D eigenvalue weighted by molar-refractivity contribution is 7.80. The lowest BCUT2D eigenvalue weighted by molar-refractivity contribution is -0.119. The average molecular weight is 396 g/mol. The Hall–Kier alpha value is -3.26.